The number of thioether (sulfide) groups is 1. The lowest BCUT2D eigenvalue weighted by atomic mass is 10.2. The van der Waals surface area contributed by atoms with Crippen molar-refractivity contribution in [2.24, 2.45) is 0 Å². The molecule has 2 rings (SSSR count). The lowest BCUT2D eigenvalue weighted by Crippen LogP contribution is -2.43. The number of nitrogens with zero attached hydrogens (tertiary/aromatic N) is 1. The zero-order valence-electron chi connectivity index (χ0n) is 16.0. The Morgan fingerprint density at radius 1 is 0.931 bits per heavy atom. The molecule has 0 bridgehead atoms. The van der Waals surface area contributed by atoms with Crippen LogP contribution in [-0.4, -0.2) is 53.4 Å². The quantitative estimate of drug-likeness (QED) is 0.547. The van der Waals surface area contributed by atoms with Crippen molar-refractivity contribution in [3.8, 4) is 0 Å². The van der Waals surface area contributed by atoms with Crippen LogP contribution in [0.5, 0.6) is 0 Å². The molecule has 0 saturated heterocycles. The lowest BCUT2D eigenvalue weighted by molar-refractivity contribution is -0.138. The van der Waals surface area contributed by atoms with E-state index in [0.29, 0.717) is 12.3 Å². The predicted octanol–water partition coefficient (Wildman–Crippen LogP) is 2.76. The van der Waals surface area contributed by atoms with Gasteiger partial charge in [-0.1, -0.05) is 60.7 Å². The van der Waals surface area contributed by atoms with Gasteiger partial charge in [0, 0.05) is 18.1 Å². The van der Waals surface area contributed by atoms with Crippen LogP contribution in [0.3, 0.4) is 0 Å². The number of hydrogen-bond donors (Lipinski definition) is 2. The van der Waals surface area contributed by atoms with Crippen molar-refractivity contribution in [2.75, 3.05) is 25.4 Å². The maximum absolute atomic E-state index is 12.2. The zero-order chi connectivity index (χ0) is 20.9. The minimum absolute atomic E-state index is 0.00748. The average Bonchev–Trinajstić information content (AvgIpc) is 2.72. The molecule has 0 spiro atoms. The van der Waals surface area contributed by atoms with E-state index in [2.05, 4.69) is 5.32 Å². The topological polar surface area (TPSA) is 95.9 Å². The van der Waals surface area contributed by atoms with Gasteiger partial charge in [-0.25, -0.2) is 4.79 Å². The second kappa shape index (κ2) is 12.5. The summed E-state index contributed by atoms with van der Waals surface area (Å²) < 4.78 is 5.12. The number of rotatable bonds is 11. The van der Waals surface area contributed by atoms with Crippen LogP contribution in [0.25, 0.3) is 0 Å². The van der Waals surface area contributed by atoms with Gasteiger partial charge in [-0.05, 0) is 11.1 Å². The summed E-state index contributed by atoms with van der Waals surface area (Å²) in [6.45, 7) is -0.545. The SMILES string of the molecule is O=C(O)CN(CC(=O)NCCSCc1ccccc1)C(=O)OCc1ccccc1. The van der Waals surface area contributed by atoms with E-state index in [1.807, 2.05) is 36.4 Å². The summed E-state index contributed by atoms with van der Waals surface area (Å²) in [6.07, 6.45) is -0.843. The van der Waals surface area contributed by atoms with Gasteiger partial charge in [-0.2, -0.15) is 11.8 Å². The number of amides is 2. The van der Waals surface area contributed by atoms with E-state index in [0.717, 1.165) is 16.2 Å². The molecule has 2 amide bonds. The molecule has 0 aliphatic carbocycles. The minimum atomic E-state index is -1.21. The fourth-order valence-electron chi connectivity index (χ4n) is 2.41. The predicted molar refractivity (Wildman–Crippen MR) is 111 cm³/mol. The zero-order valence-corrected chi connectivity index (χ0v) is 16.8. The van der Waals surface area contributed by atoms with Crippen LogP contribution in [0.4, 0.5) is 4.79 Å². The van der Waals surface area contributed by atoms with Crippen LogP contribution in [0.1, 0.15) is 11.1 Å². The molecule has 0 saturated carbocycles. The number of aliphatic carboxylic acids is 1. The van der Waals surface area contributed by atoms with Crippen LogP contribution in [0.15, 0.2) is 60.7 Å². The number of carboxylic acids is 1. The fourth-order valence-corrected chi connectivity index (χ4v) is 3.23. The maximum atomic E-state index is 12.2. The molecular formula is C21H24N2O5S. The normalized spacial score (nSPS) is 10.2. The van der Waals surface area contributed by atoms with Crippen molar-refractivity contribution in [1.29, 1.82) is 0 Å². The summed E-state index contributed by atoms with van der Waals surface area (Å²) in [7, 11) is 0. The molecule has 2 N–H and O–H groups in total. The monoisotopic (exact) mass is 416 g/mol. The largest absolute Gasteiger partial charge is 0.480 e. The average molecular weight is 416 g/mol. The first kappa shape index (κ1) is 22.3. The first-order valence-electron chi connectivity index (χ1n) is 9.10. The Morgan fingerprint density at radius 2 is 1.55 bits per heavy atom. The summed E-state index contributed by atoms with van der Waals surface area (Å²) in [4.78, 5) is 36.2. The van der Waals surface area contributed by atoms with Crippen molar-refractivity contribution in [3.63, 3.8) is 0 Å². The Hall–Kier alpha value is -3.00. The standard InChI is InChI=1S/C21H24N2O5S/c24-19(22-11-12-29-16-18-9-5-2-6-10-18)13-23(14-20(25)26)21(27)28-15-17-7-3-1-4-8-17/h1-10H,11-16H2,(H,22,24)(H,25,26). The van der Waals surface area contributed by atoms with Gasteiger partial charge in [0.25, 0.3) is 0 Å². The van der Waals surface area contributed by atoms with Gasteiger partial charge >= 0.3 is 12.1 Å². The Kier molecular flexibility index (Phi) is 9.57. The highest BCUT2D eigenvalue weighted by molar-refractivity contribution is 7.98. The van der Waals surface area contributed by atoms with Gasteiger partial charge in [0.15, 0.2) is 0 Å². The van der Waals surface area contributed by atoms with Gasteiger partial charge in [0.1, 0.15) is 19.7 Å². The van der Waals surface area contributed by atoms with Crippen LogP contribution >= 0.6 is 11.8 Å². The van der Waals surface area contributed by atoms with Crippen LogP contribution in [0, 0.1) is 0 Å². The molecule has 154 valence electrons. The third-order valence-corrected chi connectivity index (χ3v) is 4.83. The Bertz CT molecular complexity index is 786. The molecule has 0 aliphatic rings. The molecule has 2 aromatic rings. The smallest absolute Gasteiger partial charge is 0.411 e. The number of benzene rings is 2. The van der Waals surface area contributed by atoms with Gasteiger partial charge in [-0.3, -0.25) is 14.5 Å². The van der Waals surface area contributed by atoms with Crippen molar-refractivity contribution in [1.82, 2.24) is 10.2 Å². The van der Waals surface area contributed by atoms with Crippen LogP contribution in [-0.2, 0) is 26.7 Å². The highest BCUT2D eigenvalue weighted by Gasteiger charge is 2.21. The van der Waals surface area contributed by atoms with Gasteiger partial charge in [0.05, 0.1) is 0 Å². The molecule has 0 aliphatic heterocycles. The second-order valence-corrected chi connectivity index (χ2v) is 7.28. The molecule has 0 heterocycles. The summed E-state index contributed by atoms with van der Waals surface area (Å²) in [5.74, 6) is -0.0952. The Balaban J connectivity index is 1.72. The van der Waals surface area contributed by atoms with E-state index in [1.165, 1.54) is 5.56 Å². The first-order valence-corrected chi connectivity index (χ1v) is 10.3. The number of nitrogens with one attached hydrogen (secondary N) is 1. The highest BCUT2D eigenvalue weighted by Crippen LogP contribution is 2.10. The summed E-state index contributed by atoms with van der Waals surface area (Å²) in [5.41, 5.74) is 1.98. The van der Waals surface area contributed by atoms with E-state index in [4.69, 9.17) is 9.84 Å². The molecule has 0 atom stereocenters. The van der Waals surface area contributed by atoms with Gasteiger partial charge < -0.3 is 15.2 Å². The molecule has 2 aromatic carbocycles. The molecule has 0 unspecified atom stereocenters. The molecule has 0 fully saturated rings. The van der Waals surface area contributed by atoms with E-state index in [-0.39, 0.29) is 13.2 Å². The summed E-state index contributed by atoms with van der Waals surface area (Å²) in [5, 5.41) is 11.7. The fraction of sp³-hybridized carbons (Fsp3) is 0.286. The molecule has 0 aromatic heterocycles. The number of carbonyl (C=O) groups excluding carboxylic acids is 2. The van der Waals surface area contributed by atoms with Gasteiger partial charge in [0.2, 0.25) is 5.91 Å². The molecule has 29 heavy (non-hydrogen) atoms. The third-order valence-electron chi connectivity index (χ3n) is 3.80. The lowest BCUT2D eigenvalue weighted by Gasteiger charge is -2.19. The molecule has 0 radical (unpaired) electrons. The van der Waals surface area contributed by atoms with Crippen LogP contribution in [0.2, 0.25) is 0 Å². The maximum Gasteiger partial charge on any atom is 0.411 e. The third kappa shape index (κ3) is 9.16. The summed E-state index contributed by atoms with van der Waals surface area (Å²) >= 11 is 1.68. The Labute approximate surface area is 174 Å². The molecule has 8 heteroatoms. The number of ether oxygens (including phenoxy) is 1. The molecule has 7 nitrogen and oxygen atoms in total. The van der Waals surface area contributed by atoms with Crippen LogP contribution < -0.4 is 5.32 Å². The number of carbonyl (C=O) groups is 3. The first-order chi connectivity index (χ1) is 14.0. The van der Waals surface area contributed by atoms with Crippen molar-refractivity contribution >= 4 is 29.7 Å². The van der Waals surface area contributed by atoms with E-state index >= 15 is 0 Å². The highest BCUT2D eigenvalue weighted by atomic mass is 32.2. The summed E-state index contributed by atoms with van der Waals surface area (Å²) in [6, 6.07) is 19.0. The van der Waals surface area contributed by atoms with Crippen molar-refractivity contribution in [2.45, 2.75) is 12.4 Å². The van der Waals surface area contributed by atoms with Crippen molar-refractivity contribution in [3.05, 3.63) is 71.8 Å². The molecular weight excluding hydrogens is 392 g/mol. The van der Waals surface area contributed by atoms with E-state index < -0.39 is 24.5 Å². The second-order valence-electron chi connectivity index (χ2n) is 6.18. The van der Waals surface area contributed by atoms with Crippen molar-refractivity contribution < 1.29 is 24.2 Å². The Morgan fingerprint density at radius 3 is 2.17 bits per heavy atom. The minimum Gasteiger partial charge on any atom is -0.480 e. The van der Waals surface area contributed by atoms with E-state index in [9.17, 15) is 14.4 Å². The number of hydrogen-bond acceptors (Lipinski definition) is 5. The number of carboxylic acid groups (broad SMARTS) is 1. The van der Waals surface area contributed by atoms with Gasteiger partial charge in [-0.15, -0.1) is 0 Å². The van der Waals surface area contributed by atoms with E-state index in [1.54, 1.807) is 36.0 Å².